The summed E-state index contributed by atoms with van der Waals surface area (Å²) in [4.78, 5) is 13.9. The molecule has 0 bridgehead atoms. The zero-order valence-electron chi connectivity index (χ0n) is 12.3. The number of benzene rings is 2. The summed E-state index contributed by atoms with van der Waals surface area (Å²) in [6, 6.07) is 13.1. The van der Waals surface area contributed by atoms with E-state index in [2.05, 4.69) is 4.98 Å². The van der Waals surface area contributed by atoms with Crippen LogP contribution in [0, 0.1) is 0 Å². The normalized spacial score (nSPS) is 10.6. The van der Waals surface area contributed by atoms with Crippen LogP contribution in [0.3, 0.4) is 0 Å². The topological polar surface area (TPSA) is 51.3 Å². The van der Waals surface area contributed by atoms with E-state index in [0.29, 0.717) is 12.2 Å². The maximum absolute atomic E-state index is 10.6. The molecule has 4 nitrogen and oxygen atoms in total. The van der Waals surface area contributed by atoms with Crippen molar-refractivity contribution < 1.29 is 14.3 Å². The second-order valence-electron chi connectivity index (χ2n) is 5.01. The molecular formula is C18H17NO3. The minimum Gasteiger partial charge on any atom is -0.497 e. The molecule has 0 saturated heterocycles. The zero-order valence-corrected chi connectivity index (χ0v) is 12.3. The number of aromatic nitrogens is 1. The van der Waals surface area contributed by atoms with Crippen LogP contribution in [-0.2, 0) is 6.42 Å². The molecule has 3 aromatic rings. The molecule has 2 aromatic carbocycles. The Morgan fingerprint density at radius 3 is 2.59 bits per heavy atom. The van der Waals surface area contributed by atoms with Crippen LogP contribution >= 0.6 is 0 Å². The van der Waals surface area contributed by atoms with Gasteiger partial charge < -0.3 is 14.5 Å². The minimum absolute atomic E-state index is 0.574. The molecule has 0 atom stereocenters. The van der Waals surface area contributed by atoms with E-state index in [-0.39, 0.29) is 0 Å². The number of hydrogen-bond donors (Lipinski definition) is 1. The number of carbonyl (C=O) groups is 1. The van der Waals surface area contributed by atoms with E-state index >= 15 is 0 Å². The third-order valence-corrected chi connectivity index (χ3v) is 3.63. The van der Waals surface area contributed by atoms with E-state index in [9.17, 15) is 4.79 Å². The Kier molecular flexibility index (Phi) is 4.10. The fourth-order valence-corrected chi connectivity index (χ4v) is 2.41. The summed E-state index contributed by atoms with van der Waals surface area (Å²) in [6.07, 6.45) is 3.62. The number of ether oxygens (including phenoxy) is 2. The molecule has 0 spiro atoms. The number of aromatic amines is 1. The highest BCUT2D eigenvalue weighted by atomic mass is 16.5. The second kappa shape index (κ2) is 6.35. The lowest BCUT2D eigenvalue weighted by Gasteiger charge is -2.06. The number of H-pyrrole nitrogens is 1. The van der Waals surface area contributed by atoms with Gasteiger partial charge >= 0.3 is 0 Å². The summed E-state index contributed by atoms with van der Waals surface area (Å²) in [7, 11) is 1.67. The highest BCUT2D eigenvalue weighted by Gasteiger charge is 2.05. The number of methoxy groups -OCH3 is 1. The molecule has 0 aliphatic carbocycles. The third-order valence-electron chi connectivity index (χ3n) is 3.63. The van der Waals surface area contributed by atoms with E-state index in [1.807, 2.05) is 36.5 Å². The minimum atomic E-state index is 0.574. The molecule has 1 heterocycles. The van der Waals surface area contributed by atoms with Gasteiger partial charge in [0.2, 0.25) is 0 Å². The van der Waals surface area contributed by atoms with Gasteiger partial charge in [0.25, 0.3) is 0 Å². The molecule has 4 heteroatoms. The Labute approximate surface area is 128 Å². The molecule has 0 aliphatic heterocycles. The van der Waals surface area contributed by atoms with Crippen molar-refractivity contribution in [2.75, 3.05) is 13.7 Å². The molecule has 0 fully saturated rings. The maximum atomic E-state index is 10.6. The Balaban J connectivity index is 1.66. The SMILES string of the molecule is COc1ccc2[nH]cc(CCOc3ccc(C=O)cc3)c2c1. The fraction of sp³-hybridized carbons (Fsp3) is 0.167. The monoisotopic (exact) mass is 295 g/mol. The van der Waals surface area contributed by atoms with Crippen LogP contribution in [0.4, 0.5) is 0 Å². The number of aldehydes is 1. The van der Waals surface area contributed by atoms with Crippen molar-refractivity contribution in [2.24, 2.45) is 0 Å². The molecular weight excluding hydrogens is 278 g/mol. The number of carbonyl (C=O) groups excluding carboxylic acids is 1. The highest BCUT2D eigenvalue weighted by Crippen LogP contribution is 2.24. The van der Waals surface area contributed by atoms with Crippen molar-refractivity contribution in [2.45, 2.75) is 6.42 Å². The van der Waals surface area contributed by atoms with Gasteiger partial charge in [0.15, 0.2) is 0 Å². The lowest BCUT2D eigenvalue weighted by Crippen LogP contribution is -2.01. The van der Waals surface area contributed by atoms with E-state index in [1.54, 1.807) is 19.2 Å². The molecule has 1 aromatic heterocycles. The summed E-state index contributed by atoms with van der Waals surface area (Å²) in [5.74, 6) is 1.61. The van der Waals surface area contributed by atoms with E-state index in [4.69, 9.17) is 9.47 Å². The van der Waals surface area contributed by atoms with Gasteiger partial charge in [-0.2, -0.15) is 0 Å². The molecule has 112 valence electrons. The fourth-order valence-electron chi connectivity index (χ4n) is 2.41. The summed E-state index contributed by atoms with van der Waals surface area (Å²) in [5.41, 5.74) is 2.93. The molecule has 1 N–H and O–H groups in total. The smallest absolute Gasteiger partial charge is 0.150 e. The largest absolute Gasteiger partial charge is 0.497 e. The van der Waals surface area contributed by atoms with Crippen molar-refractivity contribution >= 4 is 17.2 Å². The second-order valence-corrected chi connectivity index (χ2v) is 5.01. The predicted octanol–water partition coefficient (Wildman–Crippen LogP) is 3.61. The molecule has 0 aliphatic rings. The number of rotatable bonds is 6. The maximum Gasteiger partial charge on any atom is 0.150 e. The zero-order chi connectivity index (χ0) is 15.4. The summed E-state index contributed by atoms with van der Waals surface area (Å²) < 4.78 is 11.0. The average molecular weight is 295 g/mol. The third kappa shape index (κ3) is 2.96. The van der Waals surface area contributed by atoms with Crippen LogP contribution in [0.1, 0.15) is 15.9 Å². The highest BCUT2D eigenvalue weighted by molar-refractivity contribution is 5.84. The number of fused-ring (bicyclic) bond motifs is 1. The van der Waals surface area contributed by atoms with E-state index in [0.717, 1.165) is 35.1 Å². The Morgan fingerprint density at radius 2 is 1.86 bits per heavy atom. The standard InChI is InChI=1S/C18H17NO3/c1-21-16-6-7-18-17(10-16)14(11-19-18)8-9-22-15-4-2-13(12-20)3-5-15/h2-7,10-12,19H,8-9H2,1H3. The van der Waals surface area contributed by atoms with E-state index < -0.39 is 0 Å². The van der Waals surface area contributed by atoms with Crippen molar-refractivity contribution in [3.05, 3.63) is 59.8 Å². The first-order chi connectivity index (χ1) is 10.8. The number of hydrogen-bond acceptors (Lipinski definition) is 3. The molecule has 0 radical (unpaired) electrons. The van der Waals surface area contributed by atoms with Crippen LogP contribution in [0.2, 0.25) is 0 Å². The van der Waals surface area contributed by atoms with Crippen LogP contribution in [-0.4, -0.2) is 25.0 Å². The summed E-state index contributed by atoms with van der Waals surface area (Å²) in [5, 5.41) is 1.15. The van der Waals surface area contributed by atoms with Crippen molar-refractivity contribution in [3.63, 3.8) is 0 Å². The van der Waals surface area contributed by atoms with Gasteiger partial charge in [-0.3, -0.25) is 4.79 Å². The first-order valence-corrected chi connectivity index (χ1v) is 7.12. The lowest BCUT2D eigenvalue weighted by atomic mass is 10.1. The molecule has 0 amide bonds. The first-order valence-electron chi connectivity index (χ1n) is 7.12. The van der Waals surface area contributed by atoms with Gasteiger partial charge in [0.05, 0.1) is 13.7 Å². The van der Waals surface area contributed by atoms with Crippen LogP contribution < -0.4 is 9.47 Å². The molecule has 0 unspecified atom stereocenters. The quantitative estimate of drug-likeness (QED) is 0.707. The van der Waals surface area contributed by atoms with Gasteiger partial charge in [-0.1, -0.05) is 0 Å². The molecule has 0 saturated carbocycles. The van der Waals surface area contributed by atoms with Gasteiger partial charge in [0, 0.05) is 29.1 Å². The van der Waals surface area contributed by atoms with Crippen LogP contribution in [0.5, 0.6) is 11.5 Å². The van der Waals surface area contributed by atoms with Crippen LogP contribution in [0.15, 0.2) is 48.7 Å². The lowest BCUT2D eigenvalue weighted by molar-refractivity contribution is 0.112. The molecule has 22 heavy (non-hydrogen) atoms. The van der Waals surface area contributed by atoms with Gasteiger partial charge in [-0.15, -0.1) is 0 Å². The van der Waals surface area contributed by atoms with Crippen molar-refractivity contribution in [3.8, 4) is 11.5 Å². The van der Waals surface area contributed by atoms with Crippen LogP contribution in [0.25, 0.3) is 10.9 Å². The van der Waals surface area contributed by atoms with Gasteiger partial charge in [0.1, 0.15) is 17.8 Å². The predicted molar refractivity (Wildman–Crippen MR) is 85.9 cm³/mol. The Morgan fingerprint density at radius 1 is 1.09 bits per heavy atom. The van der Waals surface area contributed by atoms with Gasteiger partial charge in [-0.25, -0.2) is 0 Å². The van der Waals surface area contributed by atoms with Crippen molar-refractivity contribution in [1.29, 1.82) is 0 Å². The first kappa shape index (κ1) is 14.2. The summed E-state index contributed by atoms with van der Waals surface area (Å²) >= 11 is 0. The van der Waals surface area contributed by atoms with Crippen molar-refractivity contribution in [1.82, 2.24) is 4.98 Å². The van der Waals surface area contributed by atoms with Gasteiger partial charge in [-0.05, 0) is 48.0 Å². The Hall–Kier alpha value is -2.75. The Bertz CT molecular complexity index is 775. The summed E-state index contributed by atoms with van der Waals surface area (Å²) in [6.45, 7) is 0.574. The number of nitrogens with one attached hydrogen (secondary N) is 1. The molecule has 3 rings (SSSR count). The average Bonchev–Trinajstić information content (AvgIpc) is 2.98. The van der Waals surface area contributed by atoms with E-state index in [1.165, 1.54) is 5.56 Å².